The van der Waals surface area contributed by atoms with Crippen molar-refractivity contribution in [3.63, 3.8) is 0 Å². The highest BCUT2D eigenvalue weighted by molar-refractivity contribution is 7.89. The zero-order chi connectivity index (χ0) is 24.8. The summed E-state index contributed by atoms with van der Waals surface area (Å²) < 4.78 is 33.4. The Morgan fingerprint density at radius 3 is 2.71 bits per heavy atom. The first kappa shape index (κ1) is 25.6. The number of β-amino-alcohol motifs (C(OH)–C–C–N with tert-alkyl or cyclic N) is 1. The monoisotopic (exact) mass is 502 g/mol. The summed E-state index contributed by atoms with van der Waals surface area (Å²) in [5, 5.41) is 16.3. The Kier molecular flexibility index (Phi) is 8.40. The van der Waals surface area contributed by atoms with Crippen molar-refractivity contribution < 1.29 is 23.1 Å². The third-order valence-corrected chi connectivity index (χ3v) is 8.28. The number of nitrogens with zero attached hydrogens (tertiary/aromatic N) is 2. The van der Waals surface area contributed by atoms with Crippen molar-refractivity contribution in [2.75, 3.05) is 45.9 Å². The SMILES string of the molecule is CC1CN(S(=O)(=O)c2ccccc2OCC(=O)NC[C@@H](O)CN2CCc3ccccc3C2)CCN1. The van der Waals surface area contributed by atoms with Gasteiger partial charge in [0.2, 0.25) is 10.0 Å². The maximum Gasteiger partial charge on any atom is 0.258 e. The first-order valence-electron chi connectivity index (χ1n) is 12.0. The van der Waals surface area contributed by atoms with Crippen LogP contribution in [0.5, 0.6) is 5.75 Å². The number of sulfonamides is 1. The molecule has 1 amide bonds. The molecule has 2 aromatic rings. The minimum Gasteiger partial charge on any atom is -0.482 e. The third kappa shape index (κ3) is 6.59. The summed E-state index contributed by atoms with van der Waals surface area (Å²) in [5.41, 5.74) is 2.62. The van der Waals surface area contributed by atoms with Crippen LogP contribution in [-0.4, -0.2) is 86.7 Å². The summed E-state index contributed by atoms with van der Waals surface area (Å²) in [6.45, 7) is 5.13. The van der Waals surface area contributed by atoms with Gasteiger partial charge in [-0.2, -0.15) is 4.31 Å². The van der Waals surface area contributed by atoms with Crippen LogP contribution in [0.1, 0.15) is 18.1 Å². The number of ether oxygens (including phenoxy) is 1. The highest BCUT2D eigenvalue weighted by Crippen LogP contribution is 2.27. The molecular weight excluding hydrogens is 468 g/mol. The number of carbonyl (C=O) groups excluding carboxylic acids is 1. The Bertz CT molecular complexity index is 1130. The Morgan fingerprint density at radius 1 is 1.17 bits per heavy atom. The van der Waals surface area contributed by atoms with E-state index in [1.54, 1.807) is 18.2 Å². The number of nitrogens with one attached hydrogen (secondary N) is 2. The summed E-state index contributed by atoms with van der Waals surface area (Å²) in [6.07, 6.45) is 0.227. The zero-order valence-corrected chi connectivity index (χ0v) is 20.8. The van der Waals surface area contributed by atoms with Crippen LogP contribution < -0.4 is 15.4 Å². The molecule has 0 saturated carbocycles. The number of hydrogen-bond donors (Lipinski definition) is 3. The molecule has 2 aromatic carbocycles. The van der Waals surface area contributed by atoms with Gasteiger partial charge >= 0.3 is 0 Å². The Balaban J connectivity index is 1.26. The lowest BCUT2D eigenvalue weighted by Crippen LogP contribution is -2.51. The number of para-hydroxylation sites is 1. The molecule has 2 aliphatic rings. The first-order valence-corrected chi connectivity index (χ1v) is 13.5. The van der Waals surface area contributed by atoms with Crippen molar-refractivity contribution in [3.8, 4) is 5.75 Å². The molecule has 0 bridgehead atoms. The van der Waals surface area contributed by atoms with Crippen molar-refractivity contribution in [2.24, 2.45) is 0 Å². The van der Waals surface area contributed by atoms with E-state index >= 15 is 0 Å². The number of piperazine rings is 1. The highest BCUT2D eigenvalue weighted by atomic mass is 32.2. The van der Waals surface area contributed by atoms with Gasteiger partial charge in [0, 0.05) is 51.9 Å². The second kappa shape index (κ2) is 11.5. The lowest BCUT2D eigenvalue weighted by Gasteiger charge is -2.31. The minimum absolute atomic E-state index is 0.0484. The molecule has 1 fully saturated rings. The van der Waals surface area contributed by atoms with Gasteiger partial charge in [-0.3, -0.25) is 9.69 Å². The zero-order valence-electron chi connectivity index (χ0n) is 20.0. The molecule has 2 atom stereocenters. The van der Waals surface area contributed by atoms with E-state index in [0.717, 1.165) is 19.5 Å². The molecule has 10 heteroatoms. The summed E-state index contributed by atoms with van der Waals surface area (Å²) in [5.74, 6) is -0.280. The largest absolute Gasteiger partial charge is 0.482 e. The standard InChI is InChI=1S/C25H34N4O5S/c1-19-15-29(13-11-26-19)35(32,33)24-9-5-4-8-23(24)34-18-25(31)27-14-22(30)17-28-12-10-20-6-2-3-7-21(20)16-28/h2-9,19,22,26,30H,10-18H2,1H3,(H,27,31)/t19?,22-/m1/s1. The number of benzene rings is 2. The quantitative estimate of drug-likeness (QED) is 0.460. The third-order valence-electron chi connectivity index (χ3n) is 6.37. The molecule has 0 radical (unpaired) electrons. The Hall–Kier alpha value is -2.50. The van der Waals surface area contributed by atoms with Gasteiger partial charge in [0.15, 0.2) is 6.61 Å². The number of rotatable bonds is 9. The molecule has 0 aromatic heterocycles. The molecule has 1 saturated heterocycles. The first-order chi connectivity index (χ1) is 16.8. The van der Waals surface area contributed by atoms with Gasteiger partial charge in [0.25, 0.3) is 5.91 Å². The topological polar surface area (TPSA) is 111 Å². The summed E-state index contributed by atoms with van der Waals surface area (Å²) in [7, 11) is -3.75. The van der Waals surface area contributed by atoms with Crippen molar-refractivity contribution in [1.82, 2.24) is 19.8 Å². The van der Waals surface area contributed by atoms with E-state index in [0.29, 0.717) is 26.2 Å². The van der Waals surface area contributed by atoms with E-state index in [4.69, 9.17) is 4.74 Å². The number of aliphatic hydroxyl groups is 1. The van der Waals surface area contributed by atoms with Crippen molar-refractivity contribution in [1.29, 1.82) is 0 Å². The maximum absolute atomic E-state index is 13.2. The predicted molar refractivity (Wildman–Crippen MR) is 133 cm³/mol. The molecule has 0 aliphatic carbocycles. The average molecular weight is 503 g/mol. The summed E-state index contributed by atoms with van der Waals surface area (Å²) in [4.78, 5) is 14.6. The molecule has 9 nitrogen and oxygen atoms in total. The smallest absolute Gasteiger partial charge is 0.258 e. The molecule has 2 aliphatic heterocycles. The number of amides is 1. The van der Waals surface area contributed by atoms with Crippen LogP contribution in [0.4, 0.5) is 0 Å². The molecule has 35 heavy (non-hydrogen) atoms. The normalized spacial score (nSPS) is 20.1. The molecule has 190 valence electrons. The summed E-state index contributed by atoms with van der Waals surface area (Å²) >= 11 is 0. The van der Waals surface area contributed by atoms with Crippen LogP contribution in [-0.2, 0) is 27.8 Å². The Labute approximate surface area is 207 Å². The second-order valence-corrected chi connectivity index (χ2v) is 11.1. The van der Waals surface area contributed by atoms with Gasteiger partial charge in [-0.1, -0.05) is 36.4 Å². The van der Waals surface area contributed by atoms with Crippen molar-refractivity contribution >= 4 is 15.9 Å². The lowest BCUT2D eigenvalue weighted by atomic mass is 10.00. The molecule has 4 rings (SSSR count). The second-order valence-electron chi connectivity index (χ2n) is 9.17. The van der Waals surface area contributed by atoms with Crippen LogP contribution in [0.2, 0.25) is 0 Å². The van der Waals surface area contributed by atoms with Crippen molar-refractivity contribution in [3.05, 3.63) is 59.7 Å². The molecule has 0 spiro atoms. The van der Waals surface area contributed by atoms with E-state index in [-0.39, 0.29) is 29.8 Å². The van der Waals surface area contributed by atoms with Crippen LogP contribution >= 0.6 is 0 Å². The van der Waals surface area contributed by atoms with Gasteiger partial charge in [0.1, 0.15) is 10.6 Å². The number of fused-ring (bicyclic) bond motifs is 1. The molecular formula is C25H34N4O5S. The van der Waals surface area contributed by atoms with Gasteiger partial charge in [-0.25, -0.2) is 8.42 Å². The summed E-state index contributed by atoms with van der Waals surface area (Å²) in [6, 6.07) is 14.7. The Morgan fingerprint density at radius 2 is 1.91 bits per heavy atom. The van der Waals surface area contributed by atoms with Crippen LogP contribution in [0, 0.1) is 0 Å². The fraction of sp³-hybridized carbons (Fsp3) is 0.480. The lowest BCUT2D eigenvalue weighted by molar-refractivity contribution is -0.123. The van der Waals surface area contributed by atoms with Crippen LogP contribution in [0.3, 0.4) is 0 Å². The van der Waals surface area contributed by atoms with E-state index in [1.165, 1.54) is 21.5 Å². The van der Waals surface area contributed by atoms with Crippen LogP contribution in [0.15, 0.2) is 53.4 Å². The van der Waals surface area contributed by atoms with E-state index in [2.05, 4.69) is 27.7 Å². The number of carbonyl (C=O) groups is 1. The predicted octanol–water partition coefficient (Wildman–Crippen LogP) is 0.583. The van der Waals surface area contributed by atoms with Gasteiger partial charge in [-0.05, 0) is 36.6 Å². The van der Waals surface area contributed by atoms with Crippen LogP contribution in [0.25, 0.3) is 0 Å². The minimum atomic E-state index is -3.75. The maximum atomic E-state index is 13.2. The number of aliphatic hydroxyl groups excluding tert-OH is 1. The van der Waals surface area contributed by atoms with E-state index < -0.39 is 22.0 Å². The fourth-order valence-electron chi connectivity index (χ4n) is 4.54. The molecule has 3 N–H and O–H groups in total. The van der Waals surface area contributed by atoms with Gasteiger partial charge in [-0.15, -0.1) is 0 Å². The van der Waals surface area contributed by atoms with E-state index in [9.17, 15) is 18.3 Å². The van der Waals surface area contributed by atoms with Gasteiger partial charge in [0.05, 0.1) is 6.10 Å². The van der Waals surface area contributed by atoms with Crippen molar-refractivity contribution in [2.45, 2.75) is 36.9 Å². The average Bonchev–Trinajstić information content (AvgIpc) is 2.86. The highest BCUT2D eigenvalue weighted by Gasteiger charge is 2.31. The van der Waals surface area contributed by atoms with E-state index in [1.807, 2.05) is 19.1 Å². The molecule has 1 unspecified atom stereocenters. The number of hydrogen-bond acceptors (Lipinski definition) is 7. The molecule has 2 heterocycles. The fourth-order valence-corrected chi connectivity index (χ4v) is 6.20. The van der Waals surface area contributed by atoms with Gasteiger partial charge < -0.3 is 20.5 Å².